The van der Waals surface area contributed by atoms with Crippen molar-refractivity contribution >= 4 is 38.5 Å². The van der Waals surface area contributed by atoms with Crippen molar-refractivity contribution in [2.24, 2.45) is 0 Å². The Kier molecular flexibility index (Phi) is 6.26. The fourth-order valence-electron chi connectivity index (χ4n) is 3.88. The van der Waals surface area contributed by atoms with Crippen molar-refractivity contribution in [1.29, 1.82) is 0 Å². The number of rotatable bonds is 6. The zero-order valence-electron chi connectivity index (χ0n) is 16.9. The van der Waals surface area contributed by atoms with Crippen LogP contribution in [-0.4, -0.2) is 47.3 Å². The number of ketones is 1. The average molecular weight is 444 g/mol. The molecule has 2 aromatic heterocycles. The monoisotopic (exact) mass is 443 g/mol. The molecule has 3 aromatic rings. The molecule has 0 radical (unpaired) electrons. The Morgan fingerprint density at radius 3 is 2.53 bits per heavy atom. The molecule has 8 heteroatoms. The predicted molar refractivity (Wildman–Crippen MR) is 120 cm³/mol. The van der Waals surface area contributed by atoms with E-state index in [9.17, 15) is 13.2 Å². The SMILES string of the molecule is Cc1[nH]c2ccccc2c1C(=O)CSc1ccc(S(=O)(=O)N2CCCCCC2)cn1. The van der Waals surface area contributed by atoms with Crippen molar-refractivity contribution in [2.75, 3.05) is 18.8 Å². The zero-order chi connectivity index (χ0) is 21.1. The average Bonchev–Trinajstić information content (AvgIpc) is 2.91. The third-order valence-corrected chi connectivity index (χ3v) is 8.26. The van der Waals surface area contributed by atoms with Gasteiger partial charge in [0.2, 0.25) is 10.0 Å². The highest BCUT2D eigenvalue weighted by molar-refractivity contribution is 7.99. The third kappa shape index (κ3) is 4.31. The normalized spacial score (nSPS) is 15.9. The molecule has 1 saturated heterocycles. The van der Waals surface area contributed by atoms with Gasteiger partial charge in [0.1, 0.15) is 4.90 Å². The number of aromatic nitrogens is 2. The molecular formula is C22H25N3O3S2. The number of hydrogen-bond acceptors (Lipinski definition) is 5. The van der Waals surface area contributed by atoms with Gasteiger partial charge in [-0.15, -0.1) is 0 Å². The van der Waals surface area contributed by atoms with E-state index in [1.165, 1.54) is 18.0 Å². The first kappa shape index (κ1) is 21.1. The summed E-state index contributed by atoms with van der Waals surface area (Å²) < 4.78 is 27.3. The van der Waals surface area contributed by atoms with Gasteiger partial charge in [-0.1, -0.05) is 42.8 Å². The topological polar surface area (TPSA) is 83.1 Å². The number of benzene rings is 1. The Morgan fingerprint density at radius 2 is 1.83 bits per heavy atom. The molecule has 30 heavy (non-hydrogen) atoms. The first-order chi connectivity index (χ1) is 14.5. The van der Waals surface area contributed by atoms with E-state index in [4.69, 9.17) is 0 Å². The first-order valence-electron chi connectivity index (χ1n) is 10.2. The number of carbonyl (C=O) groups is 1. The number of Topliss-reactive ketones (excluding diaryl/α,β-unsaturated/α-hetero) is 1. The lowest BCUT2D eigenvalue weighted by molar-refractivity contribution is 0.102. The summed E-state index contributed by atoms with van der Waals surface area (Å²) in [6.45, 7) is 3.03. The van der Waals surface area contributed by atoms with Crippen LogP contribution in [0.3, 0.4) is 0 Å². The summed E-state index contributed by atoms with van der Waals surface area (Å²) in [7, 11) is -3.51. The Morgan fingerprint density at radius 1 is 1.10 bits per heavy atom. The van der Waals surface area contributed by atoms with Gasteiger partial charge in [-0.05, 0) is 38.0 Å². The highest BCUT2D eigenvalue weighted by atomic mass is 32.2. The summed E-state index contributed by atoms with van der Waals surface area (Å²) >= 11 is 1.32. The number of hydrogen-bond donors (Lipinski definition) is 1. The van der Waals surface area contributed by atoms with Crippen LogP contribution >= 0.6 is 11.8 Å². The fourth-order valence-corrected chi connectivity index (χ4v) is 6.06. The number of sulfonamides is 1. The maximum atomic E-state index is 12.9. The van der Waals surface area contributed by atoms with Crippen LogP contribution in [0.5, 0.6) is 0 Å². The van der Waals surface area contributed by atoms with Crippen LogP contribution in [0.2, 0.25) is 0 Å². The Bertz CT molecular complexity index is 1150. The molecule has 0 amide bonds. The van der Waals surface area contributed by atoms with E-state index in [2.05, 4.69) is 9.97 Å². The Labute approximate surface area is 181 Å². The molecule has 1 N–H and O–H groups in total. The van der Waals surface area contributed by atoms with Crippen molar-refractivity contribution in [2.45, 2.75) is 42.5 Å². The summed E-state index contributed by atoms with van der Waals surface area (Å²) in [5, 5.41) is 1.56. The molecule has 0 bridgehead atoms. The highest BCUT2D eigenvalue weighted by Crippen LogP contribution is 2.26. The summed E-state index contributed by atoms with van der Waals surface area (Å²) in [5.74, 6) is 0.270. The molecule has 3 heterocycles. The standard InChI is InChI=1S/C22H25N3O3S2/c1-16-22(18-8-4-5-9-19(18)24-16)20(26)15-29-21-11-10-17(14-23-21)30(27,28)25-12-6-2-3-7-13-25/h4-5,8-11,14,24H,2-3,6-7,12-13,15H2,1H3. The van der Waals surface area contributed by atoms with Crippen molar-refractivity contribution in [1.82, 2.24) is 14.3 Å². The van der Waals surface area contributed by atoms with Gasteiger partial charge < -0.3 is 4.98 Å². The van der Waals surface area contributed by atoms with Gasteiger partial charge in [0.25, 0.3) is 0 Å². The molecule has 158 valence electrons. The van der Waals surface area contributed by atoms with E-state index >= 15 is 0 Å². The van der Waals surface area contributed by atoms with Gasteiger partial charge in [-0.3, -0.25) is 4.79 Å². The summed E-state index contributed by atoms with van der Waals surface area (Å²) in [6, 6.07) is 11.0. The summed E-state index contributed by atoms with van der Waals surface area (Å²) in [6.07, 6.45) is 5.35. The third-order valence-electron chi connectivity index (χ3n) is 5.44. The molecule has 0 aliphatic carbocycles. The van der Waals surface area contributed by atoms with Crippen molar-refractivity contribution < 1.29 is 13.2 Å². The predicted octanol–water partition coefficient (Wildman–Crippen LogP) is 4.41. The Balaban J connectivity index is 1.45. The molecule has 6 nitrogen and oxygen atoms in total. The second-order valence-corrected chi connectivity index (χ2v) is 10.5. The largest absolute Gasteiger partial charge is 0.358 e. The fraction of sp³-hybridized carbons (Fsp3) is 0.364. The second kappa shape index (κ2) is 8.91. The number of carbonyl (C=O) groups excluding carboxylic acids is 1. The number of fused-ring (bicyclic) bond motifs is 1. The number of aryl methyl sites for hydroxylation is 1. The minimum atomic E-state index is -3.51. The minimum absolute atomic E-state index is 0.0259. The second-order valence-electron chi connectivity index (χ2n) is 7.53. The lowest BCUT2D eigenvalue weighted by Gasteiger charge is -2.19. The molecule has 0 spiro atoms. The number of aromatic amines is 1. The van der Waals surface area contributed by atoms with Gasteiger partial charge in [0.05, 0.1) is 10.8 Å². The summed E-state index contributed by atoms with van der Waals surface area (Å²) in [5.41, 5.74) is 2.51. The smallest absolute Gasteiger partial charge is 0.244 e. The van der Waals surface area contributed by atoms with Crippen LogP contribution in [0.25, 0.3) is 10.9 Å². The van der Waals surface area contributed by atoms with E-state index in [0.717, 1.165) is 42.3 Å². The van der Waals surface area contributed by atoms with Crippen LogP contribution in [0.1, 0.15) is 41.7 Å². The molecule has 1 fully saturated rings. The van der Waals surface area contributed by atoms with Crippen molar-refractivity contribution in [3.05, 3.63) is 53.9 Å². The van der Waals surface area contributed by atoms with Gasteiger partial charge in [-0.25, -0.2) is 13.4 Å². The van der Waals surface area contributed by atoms with Crippen molar-refractivity contribution in [3.8, 4) is 0 Å². The molecule has 0 atom stereocenters. The minimum Gasteiger partial charge on any atom is -0.358 e. The van der Waals surface area contributed by atoms with E-state index in [1.807, 2.05) is 31.2 Å². The van der Waals surface area contributed by atoms with Crippen molar-refractivity contribution in [3.63, 3.8) is 0 Å². The van der Waals surface area contributed by atoms with Gasteiger partial charge in [0.15, 0.2) is 5.78 Å². The van der Waals surface area contributed by atoms with Crippen LogP contribution in [-0.2, 0) is 10.0 Å². The van der Waals surface area contributed by atoms with Gasteiger partial charge >= 0.3 is 0 Å². The van der Waals surface area contributed by atoms with E-state index in [1.54, 1.807) is 16.4 Å². The van der Waals surface area contributed by atoms with E-state index in [-0.39, 0.29) is 16.4 Å². The molecule has 1 aliphatic heterocycles. The molecule has 0 unspecified atom stereocenters. The van der Waals surface area contributed by atoms with E-state index < -0.39 is 10.0 Å². The number of pyridine rings is 1. The van der Waals surface area contributed by atoms with Crippen LogP contribution in [0.4, 0.5) is 0 Å². The van der Waals surface area contributed by atoms with Gasteiger partial charge in [0, 0.05) is 41.4 Å². The van der Waals surface area contributed by atoms with Crippen LogP contribution < -0.4 is 0 Å². The number of thioether (sulfide) groups is 1. The lowest BCUT2D eigenvalue weighted by Crippen LogP contribution is -2.32. The molecule has 1 aromatic carbocycles. The molecule has 0 saturated carbocycles. The number of H-pyrrole nitrogens is 1. The Hall–Kier alpha value is -2.16. The molecule has 1 aliphatic rings. The maximum absolute atomic E-state index is 12.9. The maximum Gasteiger partial charge on any atom is 0.244 e. The first-order valence-corrected chi connectivity index (χ1v) is 12.6. The zero-order valence-corrected chi connectivity index (χ0v) is 18.6. The highest BCUT2D eigenvalue weighted by Gasteiger charge is 2.25. The molecular weight excluding hydrogens is 418 g/mol. The quantitative estimate of drug-likeness (QED) is 0.451. The number of nitrogens with one attached hydrogen (secondary N) is 1. The number of nitrogens with zero attached hydrogens (tertiary/aromatic N) is 2. The summed E-state index contributed by atoms with van der Waals surface area (Å²) in [4.78, 5) is 20.6. The van der Waals surface area contributed by atoms with Crippen LogP contribution in [0, 0.1) is 6.92 Å². The molecule has 4 rings (SSSR count). The lowest BCUT2D eigenvalue weighted by atomic mass is 10.1. The van der Waals surface area contributed by atoms with Crippen LogP contribution in [0.15, 0.2) is 52.5 Å². The van der Waals surface area contributed by atoms with E-state index in [0.29, 0.717) is 23.7 Å². The van der Waals surface area contributed by atoms with Gasteiger partial charge in [-0.2, -0.15) is 4.31 Å². The number of para-hydroxylation sites is 1.